The smallest absolute Gasteiger partial charge is 0.222 e. The minimum Gasteiger partial charge on any atom is -0.370 e. The Morgan fingerprint density at radius 3 is 2.32 bits per heavy atom. The third-order valence-electron chi connectivity index (χ3n) is 3.48. The van der Waals surface area contributed by atoms with Crippen LogP contribution in [0.2, 0.25) is 0 Å². The van der Waals surface area contributed by atoms with Crippen LogP contribution in [0.5, 0.6) is 0 Å². The number of likely N-dealkylation sites (N-methyl/N-ethyl adjacent to an activating group) is 1. The van der Waals surface area contributed by atoms with E-state index in [0.717, 1.165) is 6.42 Å². The molecule has 0 saturated heterocycles. The zero-order valence-corrected chi connectivity index (χ0v) is 14.4. The summed E-state index contributed by atoms with van der Waals surface area (Å²) in [5.74, 6) is 0.297. The Kier molecular flexibility index (Phi) is 10.4. The van der Waals surface area contributed by atoms with Gasteiger partial charge in [-0.25, -0.2) is 0 Å². The van der Waals surface area contributed by atoms with Crippen molar-refractivity contribution in [3.63, 3.8) is 0 Å². The predicted octanol–water partition coefficient (Wildman–Crippen LogP) is 2.39. The van der Waals surface area contributed by atoms with E-state index >= 15 is 0 Å². The molecule has 0 spiro atoms. The number of ketones is 2. The van der Waals surface area contributed by atoms with Crippen LogP contribution in [0, 0.1) is 5.92 Å². The summed E-state index contributed by atoms with van der Waals surface area (Å²) >= 11 is 0. The monoisotopic (exact) mass is 311 g/mol. The number of carbonyl (C=O) groups is 3. The van der Waals surface area contributed by atoms with Crippen LogP contribution in [-0.2, 0) is 19.1 Å². The molecule has 0 aliphatic carbocycles. The van der Waals surface area contributed by atoms with Gasteiger partial charge < -0.3 is 9.64 Å². The Balaban J connectivity index is 4.27. The molecule has 0 fully saturated rings. The maximum absolute atomic E-state index is 11.8. The van der Waals surface area contributed by atoms with Crippen molar-refractivity contribution in [2.24, 2.45) is 5.92 Å². The first-order chi connectivity index (χ1) is 10.3. The Bertz CT molecular complexity index is 403. The van der Waals surface area contributed by atoms with Crippen molar-refractivity contribution in [1.29, 1.82) is 0 Å². The lowest BCUT2D eigenvalue weighted by atomic mass is 9.95. The highest BCUT2D eigenvalue weighted by atomic mass is 16.5. The molecule has 2 atom stereocenters. The van der Waals surface area contributed by atoms with E-state index in [1.54, 1.807) is 18.9 Å². The van der Waals surface area contributed by atoms with Gasteiger partial charge in [0.25, 0.3) is 0 Å². The Hall–Kier alpha value is -1.49. The first-order valence-corrected chi connectivity index (χ1v) is 7.77. The fraction of sp³-hybridized carbons (Fsp3) is 0.706. The summed E-state index contributed by atoms with van der Waals surface area (Å²) in [6.45, 7) is 7.42. The molecular formula is C17H29NO4. The molecule has 0 N–H and O–H groups in total. The molecule has 0 bridgehead atoms. The van der Waals surface area contributed by atoms with Crippen molar-refractivity contribution < 1.29 is 19.1 Å². The van der Waals surface area contributed by atoms with Gasteiger partial charge in [0.05, 0.1) is 12.6 Å². The van der Waals surface area contributed by atoms with Crippen molar-refractivity contribution in [2.45, 2.75) is 53.0 Å². The van der Waals surface area contributed by atoms with E-state index in [0.29, 0.717) is 19.4 Å². The zero-order valence-electron chi connectivity index (χ0n) is 14.4. The van der Waals surface area contributed by atoms with E-state index in [9.17, 15) is 14.4 Å². The van der Waals surface area contributed by atoms with E-state index in [-0.39, 0.29) is 36.0 Å². The van der Waals surface area contributed by atoms with E-state index in [4.69, 9.17) is 4.74 Å². The summed E-state index contributed by atoms with van der Waals surface area (Å²) in [5.41, 5.74) is 0. The second-order valence-electron chi connectivity index (χ2n) is 5.75. The molecule has 22 heavy (non-hydrogen) atoms. The van der Waals surface area contributed by atoms with Crippen LogP contribution >= 0.6 is 0 Å². The van der Waals surface area contributed by atoms with Crippen LogP contribution in [0.25, 0.3) is 0 Å². The second kappa shape index (κ2) is 11.1. The van der Waals surface area contributed by atoms with Crippen molar-refractivity contribution in [3.05, 3.63) is 12.2 Å². The molecule has 0 aromatic carbocycles. The summed E-state index contributed by atoms with van der Waals surface area (Å²) < 4.78 is 5.14. The summed E-state index contributed by atoms with van der Waals surface area (Å²) in [7, 11) is 1.69. The Morgan fingerprint density at radius 2 is 1.82 bits per heavy atom. The minimum absolute atomic E-state index is 0.00898. The molecule has 0 aliphatic rings. The normalized spacial score (nSPS) is 13.9. The standard InChI is InChI=1S/C17H29NO4/c1-6-17(21)18(5)16(15(4)20)11-13(2)9-7-8-10-22-12-14(3)19/h7-8,13,16H,6,9-12H2,1-5H3. The lowest BCUT2D eigenvalue weighted by molar-refractivity contribution is -0.137. The largest absolute Gasteiger partial charge is 0.370 e. The Labute approximate surface area is 133 Å². The second-order valence-corrected chi connectivity index (χ2v) is 5.75. The predicted molar refractivity (Wildman–Crippen MR) is 86.6 cm³/mol. The van der Waals surface area contributed by atoms with Gasteiger partial charge in [-0.05, 0) is 32.6 Å². The van der Waals surface area contributed by atoms with Crippen LogP contribution in [0.3, 0.4) is 0 Å². The van der Waals surface area contributed by atoms with Crippen LogP contribution in [0.4, 0.5) is 0 Å². The summed E-state index contributed by atoms with van der Waals surface area (Å²) in [4.78, 5) is 35.8. The van der Waals surface area contributed by atoms with E-state index in [1.807, 2.05) is 12.2 Å². The average molecular weight is 311 g/mol. The number of carbonyl (C=O) groups excluding carboxylic acids is 3. The van der Waals surface area contributed by atoms with Gasteiger partial charge in [-0.2, -0.15) is 0 Å². The highest BCUT2D eigenvalue weighted by Gasteiger charge is 2.24. The zero-order chi connectivity index (χ0) is 17.1. The number of Topliss-reactive ketones (excluding diaryl/α,β-unsaturated/α-hetero) is 2. The fourth-order valence-electron chi connectivity index (χ4n) is 2.16. The van der Waals surface area contributed by atoms with E-state index in [1.165, 1.54) is 13.8 Å². The molecular weight excluding hydrogens is 282 g/mol. The van der Waals surface area contributed by atoms with E-state index < -0.39 is 0 Å². The fourth-order valence-corrected chi connectivity index (χ4v) is 2.16. The number of rotatable bonds is 11. The summed E-state index contributed by atoms with van der Waals surface area (Å²) in [5, 5.41) is 0. The van der Waals surface area contributed by atoms with Gasteiger partial charge in [0.15, 0.2) is 11.6 Å². The average Bonchev–Trinajstić information content (AvgIpc) is 2.46. The molecule has 0 aromatic rings. The van der Waals surface area contributed by atoms with Gasteiger partial charge in [-0.15, -0.1) is 0 Å². The topological polar surface area (TPSA) is 63.7 Å². The summed E-state index contributed by atoms with van der Waals surface area (Å²) in [6.07, 6.45) is 5.73. The van der Waals surface area contributed by atoms with Crippen LogP contribution < -0.4 is 0 Å². The minimum atomic E-state index is -0.357. The number of hydrogen-bond acceptors (Lipinski definition) is 4. The SMILES string of the molecule is CCC(=O)N(C)C(CC(C)CC=CCOCC(C)=O)C(C)=O. The van der Waals surface area contributed by atoms with Crippen LogP contribution in [0.15, 0.2) is 12.2 Å². The van der Waals surface area contributed by atoms with Gasteiger partial charge in [-0.3, -0.25) is 14.4 Å². The maximum Gasteiger partial charge on any atom is 0.222 e. The van der Waals surface area contributed by atoms with Crippen molar-refractivity contribution in [2.75, 3.05) is 20.3 Å². The lowest BCUT2D eigenvalue weighted by Gasteiger charge is -2.28. The van der Waals surface area contributed by atoms with Crippen LogP contribution in [0.1, 0.15) is 47.0 Å². The van der Waals surface area contributed by atoms with Gasteiger partial charge in [0.2, 0.25) is 5.91 Å². The molecule has 0 heterocycles. The molecule has 5 nitrogen and oxygen atoms in total. The molecule has 126 valence electrons. The van der Waals surface area contributed by atoms with E-state index in [2.05, 4.69) is 6.92 Å². The first kappa shape index (κ1) is 20.5. The Morgan fingerprint density at radius 1 is 1.18 bits per heavy atom. The first-order valence-electron chi connectivity index (χ1n) is 7.77. The molecule has 0 aliphatic heterocycles. The molecule has 2 unspecified atom stereocenters. The highest BCUT2D eigenvalue weighted by Crippen LogP contribution is 2.16. The molecule has 5 heteroatoms. The van der Waals surface area contributed by atoms with Crippen molar-refractivity contribution >= 4 is 17.5 Å². The number of amides is 1. The number of allylic oxidation sites excluding steroid dienone is 1. The number of hydrogen-bond donors (Lipinski definition) is 0. The van der Waals surface area contributed by atoms with Gasteiger partial charge in [-0.1, -0.05) is 26.0 Å². The molecule has 0 rings (SSSR count). The van der Waals surface area contributed by atoms with Gasteiger partial charge in [0.1, 0.15) is 6.61 Å². The van der Waals surface area contributed by atoms with Gasteiger partial charge in [0, 0.05) is 13.5 Å². The number of nitrogens with zero attached hydrogens (tertiary/aromatic N) is 1. The quantitative estimate of drug-likeness (QED) is 0.434. The maximum atomic E-state index is 11.8. The number of ether oxygens (including phenoxy) is 1. The third kappa shape index (κ3) is 8.72. The summed E-state index contributed by atoms with van der Waals surface area (Å²) in [6, 6.07) is -0.357. The van der Waals surface area contributed by atoms with Crippen molar-refractivity contribution in [3.8, 4) is 0 Å². The molecule has 0 saturated carbocycles. The lowest BCUT2D eigenvalue weighted by Crippen LogP contribution is -2.42. The molecule has 0 aromatic heterocycles. The third-order valence-corrected chi connectivity index (χ3v) is 3.48. The highest BCUT2D eigenvalue weighted by molar-refractivity contribution is 5.87. The molecule has 0 radical (unpaired) electrons. The van der Waals surface area contributed by atoms with Crippen LogP contribution in [-0.4, -0.2) is 48.7 Å². The molecule has 1 amide bonds. The van der Waals surface area contributed by atoms with Crippen molar-refractivity contribution in [1.82, 2.24) is 4.90 Å². The van der Waals surface area contributed by atoms with Gasteiger partial charge >= 0.3 is 0 Å².